The van der Waals surface area contributed by atoms with Crippen LogP contribution in [0.2, 0.25) is 0 Å². The Labute approximate surface area is 251 Å². The van der Waals surface area contributed by atoms with Crippen LogP contribution in [0.4, 0.5) is 4.39 Å². The molecule has 3 aromatic carbocycles. The zero-order valence-corrected chi connectivity index (χ0v) is 25.6. The molecule has 3 aliphatic rings. The van der Waals surface area contributed by atoms with Gasteiger partial charge < -0.3 is 19.3 Å². The van der Waals surface area contributed by atoms with Gasteiger partial charge in [-0.15, -0.1) is 0 Å². The Bertz CT molecular complexity index is 1690. The lowest BCUT2D eigenvalue weighted by molar-refractivity contribution is -0.137. The highest BCUT2D eigenvalue weighted by atomic mass is 32.2. The predicted octanol–water partition coefficient (Wildman–Crippen LogP) is 5.79. The van der Waals surface area contributed by atoms with Gasteiger partial charge in [-0.25, -0.2) is 17.1 Å². The SMILES string of the molecule is Cc1cc(OCC2(C)CN(S(C)(=O)=O)C2)cc(C)c1-c1ccc(F)c2c1CC[C@H]2Oc1ccc2c(c1)OC[C@H]2CC(=O)O. The lowest BCUT2D eigenvalue weighted by atomic mass is 9.85. The van der Waals surface area contributed by atoms with Crippen LogP contribution in [0.3, 0.4) is 0 Å². The van der Waals surface area contributed by atoms with Crippen molar-refractivity contribution in [1.82, 2.24) is 4.31 Å². The van der Waals surface area contributed by atoms with Crippen LogP contribution in [0.25, 0.3) is 11.1 Å². The Morgan fingerprint density at radius 3 is 2.51 bits per heavy atom. The Hall–Kier alpha value is -3.63. The molecule has 6 rings (SSSR count). The first-order valence-corrected chi connectivity index (χ1v) is 16.3. The molecule has 10 heteroatoms. The van der Waals surface area contributed by atoms with Crippen LogP contribution < -0.4 is 14.2 Å². The van der Waals surface area contributed by atoms with Crippen LogP contribution in [0.15, 0.2) is 42.5 Å². The van der Waals surface area contributed by atoms with Gasteiger partial charge in [-0.1, -0.05) is 19.1 Å². The number of fused-ring (bicyclic) bond motifs is 2. The van der Waals surface area contributed by atoms with Crippen molar-refractivity contribution < 1.29 is 36.9 Å². The molecule has 8 nitrogen and oxygen atoms in total. The Balaban J connectivity index is 1.20. The van der Waals surface area contributed by atoms with Gasteiger partial charge >= 0.3 is 5.97 Å². The molecule has 0 spiro atoms. The fourth-order valence-electron chi connectivity index (χ4n) is 6.72. The second-order valence-electron chi connectivity index (χ2n) is 12.5. The van der Waals surface area contributed by atoms with Gasteiger partial charge in [0, 0.05) is 41.6 Å². The summed E-state index contributed by atoms with van der Waals surface area (Å²) in [6.07, 6.45) is 2.07. The monoisotopic (exact) mass is 609 g/mol. The van der Waals surface area contributed by atoms with Crippen molar-refractivity contribution in [3.05, 3.63) is 76.1 Å². The third kappa shape index (κ3) is 5.70. The number of carbonyl (C=O) groups is 1. The zero-order chi connectivity index (χ0) is 30.7. The number of benzene rings is 3. The van der Waals surface area contributed by atoms with Gasteiger partial charge in [-0.2, -0.15) is 0 Å². The zero-order valence-electron chi connectivity index (χ0n) is 24.8. The number of hydrogen-bond acceptors (Lipinski definition) is 6. The molecule has 2 atom stereocenters. The van der Waals surface area contributed by atoms with Crippen molar-refractivity contribution in [3.63, 3.8) is 0 Å². The number of ether oxygens (including phenoxy) is 3. The second kappa shape index (κ2) is 10.8. The first-order valence-electron chi connectivity index (χ1n) is 14.5. The van der Waals surface area contributed by atoms with E-state index in [1.807, 2.05) is 45.0 Å². The van der Waals surface area contributed by atoms with E-state index >= 15 is 4.39 Å². The number of carboxylic acids is 1. The molecule has 2 heterocycles. The van der Waals surface area contributed by atoms with Gasteiger partial charge in [0.25, 0.3) is 0 Å². The van der Waals surface area contributed by atoms with Crippen LogP contribution in [0.1, 0.15) is 59.6 Å². The number of rotatable bonds is 9. The van der Waals surface area contributed by atoms with Crippen molar-refractivity contribution in [1.29, 1.82) is 0 Å². The number of aliphatic carboxylic acids is 1. The van der Waals surface area contributed by atoms with E-state index in [1.54, 1.807) is 12.1 Å². The largest absolute Gasteiger partial charge is 0.493 e. The summed E-state index contributed by atoms with van der Waals surface area (Å²) in [4.78, 5) is 11.2. The minimum atomic E-state index is -3.19. The fourth-order valence-corrected chi connectivity index (χ4v) is 7.81. The van der Waals surface area contributed by atoms with Gasteiger partial charge in [0.2, 0.25) is 10.0 Å². The molecule has 1 fully saturated rings. The predicted molar refractivity (Wildman–Crippen MR) is 160 cm³/mol. The number of carboxylic acid groups (broad SMARTS) is 1. The first kappa shape index (κ1) is 29.4. The molecule has 43 heavy (non-hydrogen) atoms. The molecule has 0 saturated carbocycles. The summed E-state index contributed by atoms with van der Waals surface area (Å²) in [5.74, 6) is 0.544. The van der Waals surface area contributed by atoms with E-state index in [-0.39, 0.29) is 23.6 Å². The lowest BCUT2D eigenvalue weighted by Crippen LogP contribution is -2.58. The van der Waals surface area contributed by atoms with E-state index in [2.05, 4.69) is 0 Å². The molecule has 1 aliphatic carbocycles. The third-order valence-corrected chi connectivity index (χ3v) is 9.99. The van der Waals surface area contributed by atoms with Crippen LogP contribution in [-0.2, 0) is 21.2 Å². The highest BCUT2D eigenvalue weighted by molar-refractivity contribution is 7.88. The normalized spacial score (nSPS) is 20.6. The van der Waals surface area contributed by atoms with E-state index in [1.165, 1.54) is 16.6 Å². The van der Waals surface area contributed by atoms with Gasteiger partial charge in [-0.3, -0.25) is 4.79 Å². The number of aryl methyl sites for hydroxylation is 2. The maximum absolute atomic E-state index is 15.3. The maximum atomic E-state index is 15.3. The fraction of sp³-hybridized carbons (Fsp3) is 0.424. The van der Waals surface area contributed by atoms with E-state index < -0.39 is 22.1 Å². The van der Waals surface area contributed by atoms with Crippen LogP contribution in [0, 0.1) is 25.1 Å². The van der Waals surface area contributed by atoms with Crippen molar-refractivity contribution in [2.45, 2.75) is 52.1 Å². The lowest BCUT2D eigenvalue weighted by Gasteiger charge is -2.45. The third-order valence-electron chi connectivity index (χ3n) is 8.79. The van der Waals surface area contributed by atoms with Crippen LogP contribution in [0.5, 0.6) is 17.2 Å². The molecule has 228 valence electrons. The van der Waals surface area contributed by atoms with Gasteiger partial charge in [0.15, 0.2) is 0 Å². The standard InChI is InChI=1S/C33H36FNO7S/c1-19-11-23(41-18-33(3)16-35(17-33)43(4,38)39)12-20(2)31(19)25-7-9-27(34)32-26(25)8-10-28(32)42-22-5-6-24-21(13-30(36)37)15-40-29(24)14-22/h5-7,9,11-12,14,21,28H,8,10,13,15-18H2,1-4H3,(H,36,37)/t21-,28-/m1/s1. The quantitative estimate of drug-likeness (QED) is 0.328. The summed E-state index contributed by atoms with van der Waals surface area (Å²) in [6, 6.07) is 12.7. The summed E-state index contributed by atoms with van der Waals surface area (Å²) >= 11 is 0. The average molecular weight is 610 g/mol. The minimum Gasteiger partial charge on any atom is -0.493 e. The summed E-state index contributed by atoms with van der Waals surface area (Å²) in [6.45, 7) is 7.68. The smallest absolute Gasteiger partial charge is 0.304 e. The van der Waals surface area contributed by atoms with Crippen molar-refractivity contribution in [2.24, 2.45) is 5.41 Å². The van der Waals surface area contributed by atoms with Crippen molar-refractivity contribution in [3.8, 4) is 28.4 Å². The van der Waals surface area contributed by atoms with Crippen molar-refractivity contribution in [2.75, 3.05) is 32.6 Å². The molecule has 0 amide bonds. The first-order chi connectivity index (χ1) is 20.3. The number of nitrogens with zero attached hydrogens (tertiary/aromatic N) is 1. The van der Waals surface area contributed by atoms with Crippen LogP contribution >= 0.6 is 0 Å². The number of sulfonamides is 1. The molecule has 1 saturated heterocycles. The average Bonchev–Trinajstić information content (AvgIpc) is 3.50. The van der Waals surface area contributed by atoms with E-state index in [4.69, 9.17) is 19.3 Å². The topological polar surface area (TPSA) is 102 Å². The van der Waals surface area contributed by atoms with E-state index in [0.717, 1.165) is 39.1 Å². The maximum Gasteiger partial charge on any atom is 0.304 e. The van der Waals surface area contributed by atoms with E-state index in [0.29, 0.717) is 56.2 Å². The second-order valence-corrected chi connectivity index (χ2v) is 14.5. The molecule has 0 aromatic heterocycles. The molecule has 3 aromatic rings. The molecule has 1 N–H and O–H groups in total. The minimum absolute atomic E-state index is 0.00658. The molecular weight excluding hydrogens is 573 g/mol. The highest BCUT2D eigenvalue weighted by Crippen LogP contribution is 2.45. The number of halogens is 1. The van der Waals surface area contributed by atoms with Gasteiger partial charge in [0.1, 0.15) is 29.2 Å². The molecular formula is C33H36FNO7S. The number of hydrogen-bond donors (Lipinski definition) is 1. The Morgan fingerprint density at radius 2 is 1.84 bits per heavy atom. The Kier molecular flexibility index (Phi) is 7.41. The summed E-state index contributed by atoms with van der Waals surface area (Å²) in [5, 5.41) is 9.17. The van der Waals surface area contributed by atoms with Gasteiger partial charge in [-0.05, 0) is 78.8 Å². The Morgan fingerprint density at radius 1 is 1.12 bits per heavy atom. The van der Waals surface area contributed by atoms with Crippen LogP contribution in [-0.4, -0.2) is 56.4 Å². The molecule has 0 unspecified atom stereocenters. The highest BCUT2D eigenvalue weighted by Gasteiger charge is 2.44. The van der Waals surface area contributed by atoms with Gasteiger partial charge in [0.05, 0.1) is 25.9 Å². The molecule has 0 radical (unpaired) electrons. The summed E-state index contributed by atoms with van der Waals surface area (Å²) in [5.41, 5.74) is 6.16. The summed E-state index contributed by atoms with van der Waals surface area (Å²) < 4.78 is 58.5. The molecule has 2 aliphatic heterocycles. The van der Waals surface area contributed by atoms with Crippen molar-refractivity contribution >= 4 is 16.0 Å². The van der Waals surface area contributed by atoms with E-state index in [9.17, 15) is 13.2 Å². The summed E-state index contributed by atoms with van der Waals surface area (Å²) in [7, 11) is -3.19. The molecule has 0 bridgehead atoms.